The maximum atomic E-state index is 12.9. The topological polar surface area (TPSA) is 63.4 Å². The lowest BCUT2D eigenvalue weighted by Gasteiger charge is -2.28. The van der Waals surface area contributed by atoms with Gasteiger partial charge in [0.05, 0.1) is 4.90 Å². The molecule has 1 aromatic rings. The van der Waals surface area contributed by atoms with Crippen LogP contribution >= 0.6 is 11.6 Å². The first kappa shape index (κ1) is 16.7. The molecule has 1 aliphatic rings. The Balaban J connectivity index is 2.39. The van der Waals surface area contributed by atoms with Crippen LogP contribution in [0.3, 0.4) is 0 Å². The summed E-state index contributed by atoms with van der Waals surface area (Å²) in [6.07, 6.45) is 4.90. The SMILES string of the molecule is CCC1CCCCCN1S(=O)(=O)c1ccc(Cl)c(CN)c1. The van der Waals surface area contributed by atoms with E-state index in [0.29, 0.717) is 22.0 Å². The summed E-state index contributed by atoms with van der Waals surface area (Å²) in [5, 5.41) is 0.513. The fourth-order valence-corrected chi connectivity index (χ4v) is 4.89. The standard InChI is InChI=1S/C15H23ClN2O2S/c1-2-13-6-4-3-5-9-18(13)21(19,20)14-7-8-15(16)12(10-14)11-17/h7-8,10,13H,2-6,9,11,17H2,1H3. The lowest BCUT2D eigenvalue weighted by molar-refractivity contribution is 0.315. The van der Waals surface area contributed by atoms with E-state index in [1.807, 2.05) is 6.92 Å². The zero-order chi connectivity index (χ0) is 15.5. The Morgan fingerprint density at radius 1 is 1.33 bits per heavy atom. The van der Waals surface area contributed by atoms with E-state index in [1.54, 1.807) is 22.5 Å². The predicted octanol–water partition coefficient (Wildman–Crippen LogP) is 3.14. The Hall–Kier alpha value is -0.620. The summed E-state index contributed by atoms with van der Waals surface area (Å²) < 4.78 is 27.5. The average Bonchev–Trinajstić information content (AvgIpc) is 2.73. The molecule has 1 atom stereocenters. The Morgan fingerprint density at radius 2 is 2.10 bits per heavy atom. The molecule has 2 N–H and O–H groups in total. The van der Waals surface area contributed by atoms with Crippen molar-refractivity contribution < 1.29 is 8.42 Å². The van der Waals surface area contributed by atoms with Crippen LogP contribution in [0.1, 0.15) is 44.6 Å². The lowest BCUT2D eigenvalue weighted by atomic mass is 10.1. The van der Waals surface area contributed by atoms with Crippen LogP contribution in [0.25, 0.3) is 0 Å². The molecule has 118 valence electrons. The first-order valence-corrected chi connectivity index (χ1v) is 9.32. The maximum Gasteiger partial charge on any atom is 0.243 e. The first-order valence-electron chi connectivity index (χ1n) is 7.51. The van der Waals surface area contributed by atoms with Gasteiger partial charge in [-0.25, -0.2) is 8.42 Å². The van der Waals surface area contributed by atoms with Crippen molar-refractivity contribution in [3.8, 4) is 0 Å². The van der Waals surface area contributed by atoms with Crippen molar-refractivity contribution in [1.82, 2.24) is 4.31 Å². The quantitative estimate of drug-likeness (QED) is 0.922. The molecule has 1 fully saturated rings. The van der Waals surface area contributed by atoms with Crippen LogP contribution in [-0.4, -0.2) is 25.3 Å². The smallest absolute Gasteiger partial charge is 0.243 e. The molecule has 6 heteroatoms. The van der Waals surface area contributed by atoms with Crippen molar-refractivity contribution in [2.24, 2.45) is 5.73 Å². The van der Waals surface area contributed by atoms with Crippen molar-refractivity contribution in [1.29, 1.82) is 0 Å². The third kappa shape index (κ3) is 3.59. The minimum absolute atomic E-state index is 0.0921. The van der Waals surface area contributed by atoms with Gasteiger partial charge in [0, 0.05) is 24.2 Å². The first-order chi connectivity index (χ1) is 10.0. The molecule has 0 aromatic heterocycles. The molecular weight excluding hydrogens is 308 g/mol. The van der Waals surface area contributed by atoms with E-state index in [1.165, 1.54) is 0 Å². The Bertz CT molecular complexity index is 589. The summed E-state index contributed by atoms with van der Waals surface area (Å²) in [6, 6.07) is 4.90. The van der Waals surface area contributed by atoms with Crippen LogP contribution in [-0.2, 0) is 16.6 Å². The normalized spacial score (nSPS) is 21.2. The van der Waals surface area contributed by atoms with E-state index in [9.17, 15) is 8.42 Å². The van der Waals surface area contributed by atoms with Crippen LogP contribution in [0.5, 0.6) is 0 Å². The number of halogens is 1. The molecule has 0 aliphatic carbocycles. The number of hydrogen-bond acceptors (Lipinski definition) is 3. The fourth-order valence-electron chi connectivity index (χ4n) is 2.88. The highest BCUT2D eigenvalue weighted by atomic mass is 35.5. The molecule has 4 nitrogen and oxygen atoms in total. The van der Waals surface area contributed by atoms with Crippen LogP contribution in [0, 0.1) is 0 Å². The summed E-state index contributed by atoms with van der Waals surface area (Å²) >= 11 is 6.03. The summed E-state index contributed by atoms with van der Waals surface area (Å²) in [5.41, 5.74) is 6.29. The second-order valence-electron chi connectivity index (χ2n) is 5.48. The van der Waals surface area contributed by atoms with Gasteiger partial charge in [0.25, 0.3) is 0 Å². The number of rotatable bonds is 4. The van der Waals surface area contributed by atoms with Gasteiger partial charge in [0.1, 0.15) is 0 Å². The summed E-state index contributed by atoms with van der Waals surface area (Å²) in [4.78, 5) is 0.299. The van der Waals surface area contributed by atoms with Gasteiger partial charge >= 0.3 is 0 Å². The molecule has 0 spiro atoms. The summed E-state index contributed by atoms with van der Waals surface area (Å²) in [5.74, 6) is 0. The van der Waals surface area contributed by atoms with Crippen LogP contribution in [0.2, 0.25) is 5.02 Å². The number of hydrogen-bond donors (Lipinski definition) is 1. The number of nitrogens with zero attached hydrogens (tertiary/aromatic N) is 1. The molecule has 0 radical (unpaired) electrons. The molecule has 0 amide bonds. The van der Waals surface area contributed by atoms with E-state index in [0.717, 1.165) is 32.1 Å². The molecule has 1 aromatic carbocycles. The van der Waals surface area contributed by atoms with Crippen LogP contribution in [0.15, 0.2) is 23.1 Å². The molecule has 1 saturated heterocycles. The second-order valence-corrected chi connectivity index (χ2v) is 7.78. The number of benzene rings is 1. The number of nitrogens with two attached hydrogens (primary N) is 1. The third-order valence-corrected chi connectivity index (χ3v) is 6.45. The maximum absolute atomic E-state index is 12.9. The van der Waals surface area contributed by atoms with Crippen molar-refractivity contribution in [3.05, 3.63) is 28.8 Å². The van der Waals surface area contributed by atoms with Gasteiger partial charge in [-0.15, -0.1) is 0 Å². The Kier molecular flexibility index (Phi) is 5.66. The van der Waals surface area contributed by atoms with Crippen LogP contribution in [0.4, 0.5) is 0 Å². The Morgan fingerprint density at radius 3 is 2.76 bits per heavy atom. The zero-order valence-corrected chi connectivity index (χ0v) is 14.0. The highest BCUT2D eigenvalue weighted by Crippen LogP contribution is 2.28. The van der Waals surface area contributed by atoms with Crippen molar-refractivity contribution in [2.45, 2.75) is 56.5 Å². The minimum Gasteiger partial charge on any atom is -0.326 e. The van der Waals surface area contributed by atoms with E-state index in [4.69, 9.17) is 17.3 Å². The molecule has 1 heterocycles. The predicted molar refractivity (Wildman–Crippen MR) is 85.8 cm³/mol. The highest BCUT2D eigenvalue weighted by Gasteiger charge is 2.31. The summed E-state index contributed by atoms with van der Waals surface area (Å²) in [7, 11) is -3.48. The molecule has 0 bridgehead atoms. The zero-order valence-electron chi connectivity index (χ0n) is 12.4. The van der Waals surface area contributed by atoms with Crippen molar-refractivity contribution >= 4 is 21.6 Å². The molecule has 0 saturated carbocycles. The molecule has 21 heavy (non-hydrogen) atoms. The monoisotopic (exact) mass is 330 g/mol. The van der Waals surface area contributed by atoms with Gasteiger partial charge in [-0.3, -0.25) is 0 Å². The highest BCUT2D eigenvalue weighted by molar-refractivity contribution is 7.89. The summed E-state index contributed by atoms with van der Waals surface area (Å²) in [6.45, 7) is 2.88. The number of sulfonamides is 1. The van der Waals surface area contributed by atoms with Gasteiger partial charge in [-0.05, 0) is 43.0 Å². The van der Waals surface area contributed by atoms with E-state index in [-0.39, 0.29) is 12.6 Å². The average molecular weight is 331 g/mol. The van der Waals surface area contributed by atoms with Crippen LogP contribution < -0.4 is 5.73 Å². The Labute approximate surface area is 132 Å². The largest absolute Gasteiger partial charge is 0.326 e. The lowest BCUT2D eigenvalue weighted by Crippen LogP contribution is -2.39. The molecule has 2 rings (SSSR count). The van der Waals surface area contributed by atoms with Gasteiger partial charge in [-0.1, -0.05) is 31.4 Å². The van der Waals surface area contributed by atoms with Crippen molar-refractivity contribution in [2.75, 3.05) is 6.54 Å². The van der Waals surface area contributed by atoms with Gasteiger partial charge in [0.15, 0.2) is 0 Å². The van der Waals surface area contributed by atoms with Gasteiger partial charge in [0.2, 0.25) is 10.0 Å². The van der Waals surface area contributed by atoms with E-state index >= 15 is 0 Å². The van der Waals surface area contributed by atoms with Crippen molar-refractivity contribution in [3.63, 3.8) is 0 Å². The van der Waals surface area contributed by atoms with Gasteiger partial charge < -0.3 is 5.73 Å². The third-order valence-electron chi connectivity index (χ3n) is 4.14. The molecule has 1 aliphatic heterocycles. The van der Waals surface area contributed by atoms with E-state index < -0.39 is 10.0 Å². The molecule has 1 unspecified atom stereocenters. The van der Waals surface area contributed by atoms with E-state index in [2.05, 4.69) is 0 Å². The minimum atomic E-state index is -3.48. The van der Waals surface area contributed by atoms with Gasteiger partial charge in [-0.2, -0.15) is 4.31 Å². The fraction of sp³-hybridized carbons (Fsp3) is 0.600. The second kappa shape index (κ2) is 7.09. The molecular formula is C15H23ClN2O2S.